The monoisotopic (exact) mass is 575 g/mol. The predicted octanol–water partition coefficient (Wildman–Crippen LogP) is 5.75. The van der Waals surface area contributed by atoms with Crippen LogP contribution in [0.1, 0.15) is 120 Å². The lowest BCUT2D eigenvalue weighted by atomic mass is 9.49. The molecule has 4 unspecified atom stereocenters. The van der Waals surface area contributed by atoms with Gasteiger partial charge in [0, 0.05) is 12.5 Å². The Morgan fingerprint density at radius 2 is 1.44 bits per heavy atom. The number of hydrogen-bond acceptors (Lipinski definition) is 7. The maximum Gasteiger partial charge on any atom is 0.312 e. The molecule has 5 rings (SSSR count). The summed E-state index contributed by atoms with van der Waals surface area (Å²) in [7, 11) is 1.58. The second-order valence-electron chi connectivity index (χ2n) is 15.3. The van der Waals surface area contributed by atoms with Gasteiger partial charge in [-0.05, 0) is 109 Å². The minimum Gasteiger partial charge on any atom is -0.458 e. The Bertz CT molecular complexity index is 1040. The van der Waals surface area contributed by atoms with Crippen LogP contribution in [-0.4, -0.2) is 48.2 Å². The van der Waals surface area contributed by atoms with E-state index in [4.69, 9.17) is 14.2 Å². The topological polar surface area (TPSA) is 108 Å². The first-order chi connectivity index (χ1) is 19.0. The van der Waals surface area contributed by atoms with Gasteiger partial charge in [-0.2, -0.15) is 0 Å². The number of esters is 3. The van der Waals surface area contributed by atoms with E-state index in [0.29, 0.717) is 18.3 Å². The van der Waals surface area contributed by atoms with Gasteiger partial charge in [0.2, 0.25) is 5.91 Å². The summed E-state index contributed by atoms with van der Waals surface area (Å²) in [5, 5.41) is 2.71. The predicted molar refractivity (Wildman–Crippen MR) is 154 cm³/mol. The lowest BCUT2D eigenvalue weighted by Crippen LogP contribution is -2.60. The number of carbonyl (C=O) groups is 4. The second kappa shape index (κ2) is 10.9. The molecule has 5 fully saturated rings. The lowest BCUT2D eigenvalue weighted by molar-refractivity contribution is -0.221. The number of rotatable bonds is 11. The van der Waals surface area contributed by atoms with E-state index in [2.05, 4.69) is 12.2 Å². The van der Waals surface area contributed by atoms with Crippen molar-refractivity contribution < 1.29 is 33.4 Å². The van der Waals surface area contributed by atoms with Crippen LogP contribution in [0.4, 0.5) is 0 Å². The number of hydrogen-bond donors (Lipinski definition) is 1. The van der Waals surface area contributed by atoms with Crippen molar-refractivity contribution in [3.63, 3.8) is 0 Å². The highest BCUT2D eigenvalue weighted by atomic mass is 16.6. The SMILES string of the molecule is CCC(C)(CC(C)(CC(C)(C)C(=O)NC)C(=O)OC1(C)CC(=O)OC1C)C(=O)OC1(CC)C2CC3CC(C2)CC1C3. The molecule has 5 aliphatic rings. The summed E-state index contributed by atoms with van der Waals surface area (Å²) in [6, 6.07) is 0. The van der Waals surface area contributed by atoms with Crippen LogP contribution in [0.5, 0.6) is 0 Å². The molecular formula is C33H53NO7. The highest BCUT2D eigenvalue weighted by molar-refractivity contribution is 5.85. The molecule has 0 radical (unpaired) electrons. The number of cyclic esters (lactones) is 1. The molecule has 0 spiro atoms. The van der Waals surface area contributed by atoms with Crippen molar-refractivity contribution in [3.05, 3.63) is 0 Å². The quantitative estimate of drug-likeness (QED) is 0.247. The molecule has 1 amide bonds. The fourth-order valence-electron chi connectivity index (χ4n) is 9.15. The molecule has 4 atom stereocenters. The number of nitrogens with one attached hydrogen (secondary N) is 1. The van der Waals surface area contributed by atoms with E-state index in [-0.39, 0.29) is 31.1 Å². The molecule has 1 heterocycles. The fourth-order valence-corrected chi connectivity index (χ4v) is 9.15. The molecule has 8 nitrogen and oxygen atoms in total. The third-order valence-corrected chi connectivity index (χ3v) is 11.6. The third kappa shape index (κ3) is 5.65. The minimum atomic E-state index is -1.21. The fraction of sp³-hybridized carbons (Fsp3) is 0.879. The summed E-state index contributed by atoms with van der Waals surface area (Å²) in [5.74, 6) is 0.914. The Balaban J connectivity index is 1.63. The van der Waals surface area contributed by atoms with Gasteiger partial charge in [-0.25, -0.2) is 0 Å². The Hall–Kier alpha value is -2.12. The molecule has 4 bridgehead atoms. The van der Waals surface area contributed by atoms with E-state index in [1.54, 1.807) is 41.7 Å². The first kappa shape index (κ1) is 31.8. The van der Waals surface area contributed by atoms with Crippen LogP contribution >= 0.6 is 0 Å². The van der Waals surface area contributed by atoms with E-state index < -0.39 is 45.5 Å². The van der Waals surface area contributed by atoms with Crippen molar-refractivity contribution in [1.82, 2.24) is 5.32 Å². The molecule has 1 aliphatic heterocycles. The van der Waals surface area contributed by atoms with Crippen LogP contribution in [-0.2, 0) is 33.4 Å². The highest BCUT2D eigenvalue weighted by Crippen LogP contribution is 2.61. The summed E-state index contributed by atoms with van der Waals surface area (Å²) in [5.41, 5.74) is -4.66. The molecule has 232 valence electrons. The van der Waals surface area contributed by atoms with Crippen LogP contribution in [0.25, 0.3) is 0 Å². The Kier molecular flexibility index (Phi) is 8.42. The van der Waals surface area contributed by atoms with Gasteiger partial charge in [-0.3, -0.25) is 19.2 Å². The maximum atomic E-state index is 14.3. The van der Waals surface area contributed by atoms with Crippen molar-refractivity contribution in [2.24, 2.45) is 39.9 Å². The summed E-state index contributed by atoms with van der Waals surface area (Å²) in [4.78, 5) is 53.3. The maximum absolute atomic E-state index is 14.3. The zero-order valence-corrected chi connectivity index (χ0v) is 26.8. The standard InChI is InChI=1S/C33H53NO7/c1-10-30(6,27(37)41-33(11-2)23-13-21-12-22(15-23)16-24(33)14-21)19-31(7,18-29(4,5)26(36)34-9)28(38)40-32(8)17-25(35)39-20(32)3/h20-24H,10-19H2,1-9H3,(H,34,36). The summed E-state index contributed by atoms with van der Waals surface area (Å²) in [6.07, 6.45) is 6.84. The second-order valence-corrected chi connectivity index (χ2v) is 15.3. The van der Waals surface area contributed by atoms with Gasteiger partial charge >= 0.3 is 17.9 Å². The van der Waals surface area contributed by atoms with Gasteiger partial charge in [0.25, 0.3) is 0 Å². The molecule has 0 aromatic carbocycles. The average Bonchev–Trinajstić information content (AvgIpc) is 3.14. The first-order valence-electron chi connectivity index (χ1n) is 15.8. The Morgan fingerprint density at radius 3 is 1.88 bits per heavy atom. The van der Waals surface area contributed by atoms with Crippen LogP contribution in [0.2, 0.25) is 0 Å². The van der Waals surface area contributed by atoms with Gasteiger partial charge in [0.1, 0.15) is 11.7 Å². The third-order valence-electron chi connectivity index (χ3n) is 11.6. The van der Waals surface area contributed by atoms with E-state index in [0.717, 1.165) is 43.9 Å². The van der Waals surface area contributed by atoms with E-state index in [1.807, 2.05) is 13.8 Å². The van der Waals surface area contributed by atoms with E-state index in [1.165, 1.54) is 6.42 Å². The molecule has 1 saturated heterocycles. The molecule has 4 aliphatic carbocycles. The van der Waals surface area contributed by atoms with Crippen molar-refractivity contribution in [2.45, 2.75) is 137 Å². The van der Waals surface area contributed by atoms with Gasteiger partial charge in [0.05, 0.1) is 17.3 Å². The van der Waals surface area contributed by atoms with Gasteiger partial charge < -0.3 is 19.5 Å². The molecule has 8 heteroatoms. The van der Waals surface area contributed by atoms with Crippen molar-refractivity contribution in [3.8, 4) is 0 Å². The van der Waals surface area contributed by atoms with Crippen molar-refractivity contribution in [2.75, 3.05) is 7.05 Å². The number of amides is 1. The number of ether oxygens (including phenoxy) is 3. The van der Waals surface area contributed by atoms with Gasteiger partial charge in [0.15, 0.2) is 5.60 Å². The molecule has 41 heavy (non-hydrogen) atoms. The Morgan fingerprint density at radius 1 is 0.902 bits per heavy atom. The first-order valence-corrected chi connectivity index (χ1v) is 15.8. The molecule has 0 aromatic heterocycles. The van der Waals surface area contributed by atoms with Gasteiger partial charge in [-0.15, -0.1) is 0 Å². The highest BCUT2D eigenvalue weighted by Gasteiger charge is 2.60. The molecule has 1 N–H and O–H groups in total. The lowest BCUT2D eigenvalue weighted by Gasteiger charge is -2.60. The Labute approximate surface area is 246 Å². The minimum absolute atomic E-state index is 0.0360. The van der Waals surface area contributed by atoms with Gasteiger partial charge in [-0.1, -0.05) is 27.7 Å². The van der Waals surface area contributed by atoms with Crippen molar-refractivity contribution >= 4 is 23.8 Å². The molecule has 4 saturated carbocycles. The van der Waals surface area contributed by atoms with Crippen molar-refractivity contribution in [1.29, 1.82) is 0 Å². The smallest absolute Gasteiger partial charge is 0.312 e. The largest absolute Gasteiger partial charge is 0.458 e. The van der Waals surface area contributed by atoms with Crippen LogP contribution < -0.4 is 5.32 Å². The van der Waals surface area contributed by atoms with E-state index >= 15 is 0 Å². The average molecular weight is 576 g/mol. The molecular weight excluding hydrogens is 522 g/mol. The summed E-state index contributed by atoms with van der Waals surface area (Å²) >= 11 is 0. The molecule has 0 aromatic rings. The summed E-state index contributed by atoms with van der Waals surface area (Å²) in [6.45, 7) is 14.8. The number of carbonyl (C=O) groups excluding carboxylic acids is 4. The van der Waals surface area contributed by atoms with Crippen LogP contribution in [0.3, 0.4) is 0 Å². The zero-order valence-electron chi connectivity index (χ0n) is 26.8. The van der Waals surface area contributed by atoms with Crippen LogP contribution in [0, 0.1) is 39.9 Å². The zero-order chi connectivity index (χ0) is 30.6. The summed E-state index contributed by atoms with van der Waals surface area (Å²) < 4.78 is 18.1. The van der Waals surface area contributed by atoms with E-state index in [9.17, 15) is 19.2 Å². The van der Waals surface area contributed by atoms with Crippen LogP contribution in [0.15, 0.2) is 0 Å². The normalized spacial score (nSPS) is 37.1.